The van der Waals surface area contributed by atoms with E-state index < -0.39 is 5.97 Å². The van der Waals surface area contributed by atoms with E-state index in [-0.39, 0.29) is 0 Å². The lowest BCUT2D eigenvalue weighted by Crippen LogP contribution is -1.96. The average molecular weight is 182 g/mol. The van der Waals surface area contributed by atoms with Crippen molar-refractivity contribution in [3.63, 3.8) is 0 Å². The number of aliphatic carboxylic acids is 1. The van der Waals surface area contributed by atoms with E-state index in [4.69, 9.17) is 5.11 Å². The maximum Gasteiger partial charge on any atom is 0.303 e. The van der Waals surface area contributed by atoms with E-state index in [1.807, 2.05) is 0 Å². The van der Waals surface area contributed by atoms with Crippen LogP contribution in [0.15, 0.2) is 0 Å². The van der Waals surface area contributed by atoms with E-state index in [1.165, 1.54) is 32.1 Å². The largest absolute Gasteiger partial charge is 0.481 e. The van der Waals surface area contributed by atoms with Crippen LogP contribution >= 0.6 is 0 Å². The summed E-state index contributed by atoms with van der Waals surface area (Å²) in [5, 5.41) is 8.58. The van der Waals surface area contributed by atoms with Crippen LogP contribution in [-0.4, -0.2) is 11.1 Å². The SMILES string of the molecule is O=C(O)CCC1C2CCCCCC21. The number of rotatable bonds is 3. The molecule has 0 aromatic carbocycles. The van der Waals surface area contributed by atoms with Gasteiger partial charge in [-0.3, -0.25) is 4.79 Å². The Labute approximate surface area is 79.3 Å². The number of fused-ring (bicyclic) bond motifs is 1. The Bertz CT molecular complexity index is 188. The van der Waals surface area contributed by atoms with Gasteiger partial charge in [-0.05, 0) is 37.0 Å². The summed E-state index contributed by atoms with van der Waals surface area (Å²) in [7, 11) is 0. The fourth-order valence-electron chi connectivity index (χ4n) is 3.04. The lowest BCUT2D eigenvalue weighted by molar-refractivity contribution is -0.137. The third kappa shape index (κ3) is 2.04. The van der Waals surface area contributed by atoms with Gasteiger partial charge in [0.2, 0.25) is 0 Å². The van der Waals surface area contributed by atoms with E-state index in [1.54, 1.807) is 0 Å². The highest BCUT2D eigenvalue weighted by atomic mass is 16.4. The number of carbonyl (C=O) groups is 1. The molecule has 13 heavy (non-hydrogen) atoms. The van der Waals surface area contributed by atoms with Crippen molar-refractivity contribution in [1.82, 2.24) is 0 Å². The topological polar surface area (TPSA) is 37.3 Å². The summed E-state index contributed by atoms with van der Waals surface area (Å²) in [6.45, 7) is 0. The minimum atomic E-state index is -0.624. The molecule has 0 aromatic heterocycles. The first-order valence-electron chi connectivity index (χ1n) is 5.51. The predicted octanol–water partition coefficient (Wildman–Crippen LogP) is 2.68. The van der Waals surface area contributed by atoms with E-state index in [0.29, 0.717) is 6.42 Å². The van der Waals surface area contributed by atoms with Crippen LogP contribution in [0.2, 0.25) is 0 Å². The Balaban J connectivity index is 1.75. The van der Waals surface area contributed by atoms with Crippen molar-refractivity contribution in [2.45, 2.75) is 44.9 Å². The standard InChI is InChI=1S/C11H18O2/c12-11(13)7-6-10-8-4-2-1-3-5-9(8)10/h8-10H,1-7H2,(H,12,13). The first kappa shape index (κ1) is 9.04. The normalized spacial score (nSPS) is 37.7. The molecule has 2 atom stereocenters. The smallest absolute Gasteiger partial charge is 0.303 e. The molecule has 2 aliphatic rings. The maximum atomic E-state index is 10.4. The van der Waals surface area contributed by atoms with E-state index in [2.05, 4.69) is 0 Å². The van der Waals surface area contributed by atoms with Gasteiger partial charge >= 0.3 is 5.97 Å². The second kappa shape index (κ2) is 3.69. The van der Waals surface area contributed by atoms with Crippen molar-refractivity contribution >= 4 is 5.97 Å². The summed E-state index contributed by atoms with van der Waals surface area (Å²) < 4.78 is 0. The van der Waals surface area contributed by atoms with E-state index in [9.17, 15) is 4.79 Å². The molecule has 0 aliphatic heterocycles. The molecule has 2 rings (SSSR count). The first-order chi connectivity index (χ1) is 6.29. The molecule has 0 aromatic rings. The van der Waals surface area contributed by atoms with Crippen LogP contribution in [0.1, 0.15) is 44.9 Å². The van der Waals surface area contributed by atoms with Crippen LogP contribution in [0.3, 0.4) is 0 Å². The summed E-state index contributed by atoms with van der Waals surface area (Å²) in [6.07, 6.45) is 8.22. The first-order valence-corrected chi connectivity index (χ1v) is 5.51. The van der Waals surface area contributed by atoms with Gasteiger partial charge < -0.3 is 5.11 Å². The molecular weight excluding hydrogens is 164 g/mol. The summed E-state index contributed by atoms with van der Waals surface area (Å²) in [6, 6.07) is 0. The molecule has 2 aliphatic carbocycles. The van der Waals surface area contributed by atoms with E-state index >= 15 is 0 Å². The quantitative estimate of drug-likeness (QED) is 0.728. The van der Waals surface area contributed by atoms with Crippen LogP contribution in [0.5, 0.6) is 0 Å². The highest BCUT2D eigenvalue weighted by Gasteiger charge is 2.48. The molecule has 0 radical (unpaired) electrons. The Morgan fingerprint density at radius 2 is 1.77 bits per heavy atom. The summed E-state index contributed by atoms with van der Waals surface area (Å²) in [5.74, 6) is 1.96. The van der Waals surface area contributed by atoms with E-state index in [0.717, 1.165) is 24.2 Å². The third-order valence-corrected chi connectivity index (χ3v) is 3.78. The number of carboxylic acids is 1. The second-order valence-corrected chi connectivity index (χ2v) is 4.56. The van der Waals surface area contributed by atoms with Gasteiger partial charge in [0.15, 0.2) is 0 Å². The van der Waals surface area contributed by atoms with Crippen molar-refractivity contribution in [3.05, 3.63) is 0 Å². The Morgan fingerprint density at radius 1 is 1.15 bits per heavy atom. The van der Waals surface area contributed by atoms with Crippen LogP contribution in [0.25, 0.3) is 0 Å². The molecule has 0 amide bonds. The fourth-order valence-corrected chi connectivity index (χ4v) is 3.04. The number of carboxylic acid groups (broad SMARTS) is 1. The number of hydrogen-bond acceptors (Lipinski definition) is 1. The zero-order valence-corrected chi connectivity index (χ0v) is 8.04. The van der Waals surface area contributed by atoms with Gasteiger partial charge in [0.1, 0.15) is 0 Å². The molecule has 1 N–H and O–H groups in total. The maximum absolute atomic E-state index is 10.4. The molecule has 2 saturated carbocycles. The van der Waals surface area contributed by atoms with Gasteiger partial charge in [-0.2, -0.15) is 0 Å². The van der Waals surface area contributed by atoms with Crippen molar-refractivity contribution in [3.8, 4) is 0 Å². The van der Waals surface area contributed by atoms with Gasteiger partial charge in [0.05, 0.1) is 0 Å². The molecule has 2 fully saturated rings. The molecule has 0 spiro atoms. The molecule has 2 nitrogen and oxygen atoms in total. The Kier molecular flexibility index (Phi) is 2.56. The summed E-state index contributed by atoms with van der Waals surface area (Å²) in [5.41, 5.74) is 0. The number of hydrogen-bond donors (Lipinski definition) is 1. The van der Waals surface area contributed by atoms with Crippen LogP contribution < -0.4 is 0 Å². The molecule has 0 heterocycles. The van der Waals surface area contributed by atoms with Crippen LogP contribution in [0.4, 0.5) is 0 Å². The minimum Gasteiger partial charge on any atom is -0.481 e. The molecule has 74 valence electrons. The van der Waals surface area contributed by atoms with Crippen LogP contribution in [0, 0.1) is 17.8 Å². The molecule has 0 bridgehead atoms. The zero-order chi connectivity index (χ0) is 9.26. The Hall–Kier alpha value is -0.530. The highest BCUT2D eigenvalue weighted by molar-refractivity contribution is 5.66. The summed E-state index contributed by atoms with van der Waals surface area (Å²) >= 11 is 0. The van der Waals surface area contributed by atoms with Gasteiger partial charge in [-0.25, -0.2) is 0 Å². The van der Waals surface area contributed by atoms with Gasteiger partial charge in [-0.15, -0.1) is 0 Å². The monoisotopic (exact) mass is 182 g/mol. The fraction of sp³-hybridized carbons (Fsp3) is 0.909. The van der Waals surface area contributed by atoms with Crippen LogP contribution in [-0.2, 0) is 4.79 Å². The van der Waals surface area contributed by atoms with Crippen molar-refractivity contribution in [1.29, 1.82) is 0 Å². The van der Waals surface area contributed by atoms with Gasteiger partial charge in [0, 0.05) is 6.42 Å². The summed E-state index contributed by atoms with van der Waals surface area (Å²) in [4.78, 5) is 10.4. The lowest BCUT2D eigenvalue weighted by atomic mass is 10.1. The molecule has 0 saturated heterocycles. The van der Waals surface area contributed by atoms with Crippen molar-refractivity contribution in [2.24, 2.45) is 17.8 Å². The van der Waals surface area contributed by atoms with Crippen molar-refractivity contribution < 1.29 is 9.90 Å². The van der Waals surface area contributed by atoms with Crippen molar-refractivity contribution in [2.75, 3.05) is 0 Å². The third-order valence-electron chi connectivity index (χ3n) is 3.78. The molecule has 2 unspecified atom stereocenters. The second-order valence-electron chi connectivity index (χ2n) is 4.56. The molecule has 2 heteroatoms. The zero-order valence-electron chi connectivity index (χ0n) is 8.04. The lowest BCUT2D eigenvalue weighted by Gasteiger charge is -1.99. The van der Waals surface area contributed by atoms with Gasteiger partial charge in [0.25, 0.3) is 0 Å². The average Bonchev–Trinajstić information content (AvgIpc) is 2.74. The Morgan fingerprint density at radius 3 is 2.31 bits per heavy atom. The highest BCUT2D eigenvalue weighted by Crippen LogP contribution is 2.56. The van der Waals surface area contributed by atoms with Gasteiger partial charge in [-0.1, -0.05) is 19.3 Å². The predicted molar refractivity (Wildman–Crippen MR) is 50.4 cm³/mol. The molecular formula is C11H18O2. The minimum absolute atomic E-state index is 0.387.